The van der Waals surface area contributed by atoms with Crippen LogP contribution in [0.2, 0.25) is 0 Å². The number of carbonyl (C=O) groups excluding carboxylic acids is 1. The molecule has 1 N–H and O–H groups in total. The fraction of sp³-hybridized carbons (Fsp3) is 0.818. The maximum Gasteiger partial charge on any atom is 0.391 e. The smallest absolute Gasteiger partial charge is 0.381 e. The van der Waals surface area contributed by atoms with E-state index in [0.717, 1.165) is 0 Å². The van der Waals surface area contributed by atoms with Crippen molar-refractivity contribution in [2.45, 2.75) is 38.4 Å². The first kappa shape index (κ1) is 14.8. The maximum absolute atomic E-state index is 12.1. The second-order valence-corrected chi connectivity index (χ2v) is 4.50. The van der Waals surface area contributed by atoms with Gasteiger partial charge in [-0.3, -0.25) is 4.79 Å². The number of nitriles is 1. The van der Waals surface area contributed by atoms with Gasteiger partial charge >= 0.3 is 6.18 Å². The van der Waals surface area contributed by atoms with Crippen molar-refractivity contribution in [2.24, 2.45) is 5.41 Å². The highest BCUT2D eigenvalue weighted by atomic mass is 19.4. The number of carbonyl (C=O) groups is 1. The van der Waals surface area contributed by atoms with Gasteiger partial charge in [-0.15, -0.1) is 0 Å². The standard InChI is InChI=1S/C11H15F3N2O2/c1-8(6-11(12,13)14)16-9(17)10(7-15)2-4-18-5-3-10/h8H,2-6H2,1H3,(H,16,17). The van der Waals surface area contributed by atoms with Gasteiger partial charge in [0.25, 0.3) is 0 Å². The van der Waals surface area contributed by atoms with Crippen molar-refractivity contribution >= 4 is 5.91 Å². The predicted octanol–water partition coefficient (Wildman–Crippen LogP) is 1.76. The average molecular weight is 264 g/mol. The quantitative estimate of drug-likeness (QED) is 0.845. The molecule has 1 aliphatic heterocycles. The number of amides is 1. The molecule has 0 aromatic rings. The number of nitrogens with zero attached hydrogens (tertiary/aromatic N) is 1. The molecule has 0 spiro atoms. The van der Waals surface area contributed by atoms with Crippen LogP contribution < -0.4 is 5.32 Å². The van der Waals surface area contributed by atoms with Crippen molar-refractivity contribution in [3.63, 3.8) is 0 Å². The van der Waals surface area contributed by atoms with Crippen molar-refractivity contribution < 1.29 is 22.7 Å². The Balaban J connectivity index is 2.61. The lowest BCUT2D eigenvalue weighted by Crippen LogP contribution is -2.47. The van der Waals surface area contributed by atoms with E-state index in [1.807, 2.05) is 6.07 Å². The van der Waals surface area contributed by atoms with Crippen LogP contribution in [0.25, 0.3) is 0 Å². The van der Waals surface area contributed by atoms with E-state index in [4.69, 9.17) is 10.00 Å². The molecule has 18 heavy (non-hydrogen) atoms. The van der Waals surface area contributed by atoms with E-state index >= 15 is 0 Å². The third-order valence-electron chi connectivity index (χ3n) is 2.91. The fourth-order valence-electron chi connectivity index (χ4n) is 1.87. The second kappa shape index (κ2) is 5.57. The van der Waals surface area contributed by atoms with Crippen molar-refractivity contribution in [3.05, 3.63) is 0 Å². The van der Waals surface area contributed by atoms with Crippen LogP contribution in [0.3, 0.4) is 0 Å². The minimum absolute atomic E-state index is 0.216. The highest BCUT2D eigenvalue weighted by molar-refractivity contribution is 5.85. The molecule has 1 rings (SSSR count). The van der Waals surface area contributed by atoms with Crippen LogP contribution in [-0.2, 0) is 9.53 Å². The third-order valence-corrected chi connectivity index (χ3v) is 2.91. The molecule has 0 saturated carbocycles. The largest absolute Gasteiger partial charge is 0.391 e. The lowest BCUT2D eigenvalue weighted by atomic mass is 9.80. The lowest BCUT2D eigenvalue weighted by molar-refractivity contribution is -0.144. The van der Waals surface area contributed by atoms with Crippen molar-refractivity contribution in [2.75, 3.05) is 13.2 Å². The van der Waals surface area contributed by atoms with Crippen LogP contribution in [-0.4, -0.2) is 31.3 Å². The third kappa shape index (κ3) is 3.88. The number of ether oxygens (including phenoxy) is 1. The minimum Gasteiger partial charge on any atom is -0.381 e. The molecule has 1 unspecified atom stereocenters. The molecule has 0 aliphatic carbocycles. The number of hydrogen-bond donors (Lipinski definition) is 1. The van der Waals surface area contributed by atoms with Crippen LogP contribution >= 0.6 is 0 Å². The Morgan fingerprint density at radius 2 is 2.06 bits per heavy atom. The van der Waals surface area contributed by atoms with Gasteiger partial charge in [-0.1, -0.05) is 0 Å². The summed E-state index contributed by atoms with van der Waals surface area (Å²) in [5.74, 6) is -0.634. The van der Waals surface area contributed by atoms with Gasteiger partial charge in [0.2, 0.25) is 5.91 Å². The number of hydrogen-bond acceptors (Lipinski definition) is 3. The van der Waals surface area contributed by atoms with E-state index in [1.54, 1.807) is 0 Å². The number of nitrogens with one attached hydrogen (secondary N) is 1. The van der Waals surface area contributed by atoms with Gasteiger partial charge in [-0.25, -0.2) is 0 Å². The zero-order valence-electron chi connectivity index (χ0n) is 10.0. The van der Waals surface area contributed by atoms with E-state index in [9.17, 15) is 18.0 Å². The van der Waals surface area contributed by atoms with Gasteiger partial charge in [0, 0.05) is 19.3 Å². The Bertz CT molecular complexity index is 343. The molecule has 1 atom stereocenters. The topological polar surface area (TPSA) is 62.1 Å². The molecular weight excluding hydrogens is 249 g/mol. The highest BCUT2D eigenvalue weighted by Crippen LogP contribution is 2.30. The number of rotatable bonds is 3. The Morgan fingerprint density at radius 1 is 1.50 bits per heavy atom. The molecule has 1 aliphatic rings. The first-order valence-electron chi connectivity index (χ1n) is 5.66. The summed E-state index contributed by atoms with van der Waals surface area (Å²) >= 11 is 0. The van der Waals surface area contributed by atoms with Crippen LogP contribution in [0, 0.1) is 16.7 Å². The van der Waals surface area contributed by atoms with Crippen LogP contribution in [0.4, 0.5) is 13.2 Å². The van der Waals surface area contributed by atoms with E-state index in [2.05, 4.69) is 5.32 Å². The fourth-order valence-corrected chi connectivity index (χ4v) is 1.87. The molecule has 1 saturated heterocycles. The molecule has 0 radical (unpaired) electrons. The van der Waals surface area contributed by atoms with Gasteiger partial charge in [0.05, 0.1) is 12.5 Å². The summed E-state index contributed by atoms with van der Waals surface area (Å²) < 4.78 is 41.5. The van der Waals surface area contributed by atoms with Crippen molar-refractivity contribution in [3.8, 4) is 6.07 Å². The molecule has 4 nitrogen and oxygen atoms in total. The molecule has 102 valence electrons. The van der Waals surface area contributed by atoms with Crippen molar-refractivity contribution in [1.29, 1.82) is 5.26 Å². The Kier molecular flexibility index (Phi) is 4.57. The molecule has 0 aromatic carbocycles. The van der Waals surface area contributed by atoms with Crippen LogP contribution in [0.15, 0.2) is 0 Å². The van der Waals surface area contributed by atoms with Gasteiger partial charge in [0.1, 0.15) is 5.41 Å². The summed E-state index contributed by atoms with van der Waals surface area (Å²) in [7, 11) is 0. The first-order chi connectivity index (χ1) is 8.29. The predicted molar refractivity (Wildman–Crippen MR) is 56.4 cm³/mol. The summed E-state index contributed by atoms with van der Waals surface area (Å²) in [6.07, 6.45) is -5.00. The van der Waals surface area contributed by atoms with Gasteiger partial charge in [0.15, 0.2) is 0 Å². The number of alkyl halides is 3. The molecule has 1 fully saturated rings. The Morgan fingerprint density at radius 3 is 2.50 bits per heavy atom. The molecule has 1 amide bonds. The molecule has 1 heterocycles. The average Bonchev–Trinajstić information content (AvgIpc) is 2.27. The van der Waals surface area contributed by atoms with E-state index in [0.29, 0.717) is 0 Å². The van der Waals surface area contributed by atoms with Gasteiger partial charge in [-0.2, -0.15) is 18.4 Å². The van der Waals surface area contributed by atoms with Crippen LogP contribution in [0.1, 0.15) is 26.2 Å². The zero-order chi connectivity index (χ0) is 13.8. The summed E-state index contributed by atoms with van der Waals surface area (Å²) in [6.45, 7) is 1.82. The first-order valence-corrected chi connectivity index (χ1v) is 5.66. The molecular formula is C11H15F3N2O2. The van der Waals surface area contributed by atoms with E-state index < -0.39 is 30.0 Å². The Hall–Kier alpha value is -1.29. The van der Waals surface area contributed by atoms with Crippen LogP contribution in [0.5, 0.6) is 0 Å². The molecule has 7 heteroatoms. The van der Waals surface area contributed by atoms with E-state index in [1.165, 1.54) is 6.92 Å². The highest BCUT2D eigenvalue weighted by Gasteiger charge is 2.41. The Labute approximate surface area is 103 Å². The normalized spacial score (nSPS) is 20.8. The summed E-state index contributed by atoms with van der Waals surface area (Å²) in [4.78, 5) is 11.9. The zero-order valence-corrected chi connectivity index (χ0v) is 10.0. The second-order valence-electron chi connectivity index (χ2n) is 4.50. The monoisotopic (exact) mass is 264 g/mol. The summed E-state index contributed by atoms with van der Waals surface area (Å²) in [6, 6.07) is 0.876. The summed E-state index contributed by atoms with van der Waals surface area (Å²) in [5.41, 5.74) is -1.25. The van der Waals surface area contributed by atoms with E-state index in [-0.39, 0.29) is 26.1 Å². The summed E-state index contributed by atoms with van der Waals surface area (Å²) in [5, 5.41) is 11.3. The minimum atomic E-state index is -4.33. The van der Waals surface area contributed by atoms with Crippen molar-refractivity contribution in [1.82, 2.24) is 5.32 Å². The molecule has 0 aromatic heterocycles. The van der Waals surface area contributed by atoms with Gasteiger partial charge in [-0.05, 0) is 19.8 Å². The van der Waals surface area contributed by atoms with Gasteiger partial charge < -0.3 is 10.1 Å². The molecule has 0 bridgehead atoms. The maximum atomic E-state index is 12.1. The SMILES string of the molecule is CC(CC(F)(F)F)NC(=O)C1(C#N)CCOCC1. The number of halogens is 3. The lowest BCUT2D eigenvalue weighted by Gasteiger charge is -2.30.